The van der Waals surface area contributed by atoms with Crippen LogP contribution in [0.15, 0.2) is 42.7 Å². The summed E-state index contributed by atoms with van der Waals surface area (Å²) in [7, 11) is 0. The Labute approximate surface area is 123 Å². The molecule has 1 aromatic heterocycles. The fourth-order valence-corrected chi connectivity index (χ4v) is 2.37. The average molecular weight is 282 g/mol. The summed E-state index contributed by atoms with van der Waals surface area (Å²) >= 11 is 0. The van der Waals surface area contributed by atoms with E-state index in [1.165, 1.54) is 0 Å². The minimum absolute atomic E-state index is 0.259. The molecule has 3 rings (SSSR count). The van der Waals surface area contributed by atoms with Gasteiger partial charge in [-0.15, -0.1) is 0 Å². The van der Waals surface area contributed by atoms with E-state index < -0.39 is 0 Å². The predicted molar refractivity (Wildman–Crippen MR) is 83.1 cm³/mol. The monoisotopic (exact) mass is 282 g/mol. The van der Waals surface area contributed by atoms with Crippen molar-refractivity contribution in [2.24, 2.45) is 0 Å². The number of nitrogens with two attached hydrogens (primary N) is 1. The maximum Gasteiger partial charge on any atom is 0.165 e. The molecule has 2 N–H and O–H groups in total. The minimum Gasteiger partial charge on any atom is -0.485 e. The molecule has 1 heterocycles. The first-order valence-corrected chi connectivity index (χ1v) is 6.95. The van der Waals surface area contributed by atoms with E-state index in [-0.39, 0.29) is 6.04 Å². The highest BCUT2D eigenvalue weighted by atomic mass is 16.5. The third kappa shape index (κ3) is 2.54. The standard InChI is InChI=1S/C16H18N4O/c1-11(2)20-16(18-10-19-20)9-21-15-8-7-14(17)12-5-3-4-6-13(12)15/h3-8,10-11H,9,17H2,1-2H3. The second-order valence-electron chi connectivity index (χ2n) is 5.20. The summed E-state index contributed by atoms with van der Waals surface area (Å²) < 4.78 is 7.79. The molecule has 3 aromatic rings. The summed E-state index contributed by atoms with van der Waals surface area (Å²) in [6.45, 7) is 4.51. The molecule has 0 spiro atoms. The van der Waals surface area contributed by atoms with Gasteiger partial charge in [-0.1, -0.05) is 24.3 Å². The number of benzene rings is 2. The predicted octanol–water partition coefficient (Wildman–Crippen LogP) is 3.17. The number of fused-ring (bicyclic) bond motifs is 1. The zero-order valence-corrected chi connectivity index (χ0v) is 12.2. The van der Waals surface area contributed by atoms with Gasteiger partial charge < -0.3 is 10.5 Å². The smallest absolute Gasteiger partial charge is 0.165 e. The molecule has 5 heteroatoms. The summed E-state index contributed by atoms with van der Waals surface area (Å²) in [4.78, 5) is 4.25. The summed E-state index contributed by atoms with van der Waals surface area (Å²) in [5.74, 6) is 1.61. The summed E-state index contributed by atoms with van der Waals surface area (Å²) in [5, 5.41) is 6.22. The molecular weight excluding hydrogens is 264 g/mol. The number of ether oxygens (including phenoxy) is 1. The Morgan fingerprint density at radius 2 is 1.90 bits per heavy atom. The molecular formula is C16H18N4O. The van der Waals surface area contributed by atoms with Gasteiger partial charge in [0.05, 0.1) is 0 Å². The first-order valence-electron chi connectivity index (χ1n) is 6.95. The van der Waals surface area contributed by atoms with Crippen LogP contribution < -0.4 is 10.5 Å². The second-order valence-corrected chi connectivity index (χ2v) is 5.20. The number of aromatic nitrogens is 3. The molecule has 0 aliphatic heterocycles. The number of hydrogen-bond acceptors (Lipinski definition) is 4. The number of anilines is 1. The van der Waals surface area contributed by atoms with Gasteiger partial charge in [0.2, 0.25) is 0 Å². The Morgan fingerprint density at radius 1 is 1.14 bits per heavy atom. The van der Waals surface area contributed by atoms with Crippen LogP contribution in [0.2, 0.25) is 0 Å². The van der Waals surface area contributed by atoms with Crippen molar-refractivity contribution in [3.05, 3.63) is 48.5 Å². The maximum absolute atomic E-state index is 6.00. The maximum atomic E-state index is 6.00. The highest BCUT2D eigenvalue weighted by Gasteiger charge is 2.10. The van der Waals surface area contributed by atoms with E-state index >= 15 is 0 Å². The summed E-state index contributed by atoms with van der Waals surface area (Å²) in [5.41, 5.74) is 6.75. The van der Waals surface area contributed by atoms with Crippen LogP contribution in [-0.2, 0) is 6.61 Å². The van der Waals surface area contributed by atoms with Crippen LogP contribution in [0.4, 0.5) is 5.69 Å². The van der Waals surface area contributed by atoms with Crippen molar-refractivity contribution in [2.45, 2.75) is 26.5 Å². The molecule has 0 radical (unpaired) electrons. The van der Waals surface area contributed by atoms with Gasteiger partial charge in [-0.05, 0) is 26.0 Å². The molecule has 0 aliphatic rings. The summed E-state index contributed by atoms with van der Waals surface area (Å²) in [6.07, 6.45) is 1.56. The molecule has 0 fully saturated rings. The van der Waals surface area contributed by atoms with E-state index in [0.29, 0.717) is 6.61 Å². The number of hydrogen-bond donors (Lipinski definition) is 1. The average Bonchev–Trinajstić information content (AvgIpc) is 2.96. The van der Waals surface area contributed by atoms with E-state index in [1.54, 1.807) is 6.33 Å². The molecule has 2 aromatic carbocycles. The number of nitrogen functional groups attached to an aromatic ring is 1. The van der Waals surface area contributed by atoms with E-state index in [9.17, 15) is 0 Å². The van der Waals surface area contributed by atoms with E-state index in [4.69, 9.17) is 10.5 Å². The first kappa shape index (κ1) is 13.4. The number of rotatable bonds is 4. The van der Waals surface area contributed by atoms with Crippen LogP contribution in [0.5, 0.6) is 5.75 Å². The van der Waals surface area contributed by atoms with Gasteiger partial charge in [-0.3, -0.25) is 0 Å². The van der Waals surface area contributed by atoms with Gasteiger partial charge in [0.1, 0.15) is 18.7 Å². The third-order valence-electron chi connectivity index (χ3n) is 3.41. The molecule has 0 unspecified atom stereocenters. The fourth-order valence-electron chi connectivity index (χ4n) is 2.37. The molecule has 5 nitrogen and oxygen atoms in total. The molecule has 0 aliphatic carbocycles. The van der Waals surface area contributed by atoms with Crippen molar-refractivity contribution in [1.82, 2.24) is 14.8 Å². The van der Waals surface area contributed by atoms with Gasteiger partial charge in [0.25, 0.3) is 0 Å². The molecule has 108 valence electrons. The van der Waals surface area contributed by atoms with Gasteiger partial charge >= 0.3 is 0 Å². The van der Waals surface area contributed by atoms with Gasteiger partial charge in [0.15, 0.2) is 5.82 Å². The molecule has 0 saturated carbocycles. The van der Waals surface area contributed by atoms with Crippen LogP contribution in [0.3, 0.4) is 0 Å². The molecule has 0 bridgehead atoms. The molecule has 21 heavy (non-hydrogen) atoms. The van der Waals surface area contributed by atoms with E-state index in [2.05, 4.69) is 23.9 Å². The highest BCUT2D eigenvalue weighted by molar-refractivity contribution is 5.96. The van der Waals surface area contributed by atoms with Crippen molar-refractivity contribution in [3.8, 4) is 5.75 Å². The Bertz CT molecular complexity index is 764. The Balaban J connectivity index is 1.89. The van der Waals surface area contributed by atoms with E-state index in [1.807, 2.05) is 41.1 Å². The molecule has 0 saturated heterocycles. The highest BCUT2D eigenvalue weighted by Crippen LogP contribution is 2.30. The second kappa shape index (κ2) is 5.44. The van der Waals surface area contributed by atoms with Gasteiger partial charge in [-0.2, -0.15) is 5.10 Å². The zero-order chi connectivity index (χ0) is 14.8. The normalized spacial score (nSPS) is 11.2. The Kier molecular flexibility index (Phi) is 3.48. The lowest BCUT2D eigenvalue weighted by Gasteiger charge is -2.12. The lowest BCUT2D eigenvalue weighted by molar-refractivity contribution is 0.285. The lowest BCUT2D eigenvalue weighted by Crippen LogP contribution is -2.10. The fraction of sp³-hybridized carbons (Fsp3) is 0.250. The third-order valence-corrected chi connectivity index (χ3v) is 3.41. The van der Waals surface area contributed by atoms with Gasteiger partial charge in [0, 0.05) is 22.5 Å². The van der Waals surface area contributed by atoms with Crippen LogP contribution in [0.1, 0.15) is 25.7 Å². The molecule has 0 atom stereocenters. The lowest BCUT2D eigenvalue weighted by atomic mass is 10.1. The van der Waals surface area contributed by atoms with Crippen molar-refractivity contribution in [2.75, 3.05) is 5.73 Å². The largest absolute Gasteiger partial charge is 0.485 e. The first-order chi connectivity index (χ1) is 10.2. The van der Waals surface area contributed by atoms with E-state index in [0.717, 1.165) is 28.0 Å². The topological polar surface area (TPSA) is 66.0 Å². The molecule has 0 amide bonds. The summed E-state index contributed by atoms with van der Waals surface area (Å²) in [6, 6.07) is 12.0. The van der Waals surface area contributed by atoms with Crippen molar-refractivity contribution >= 4 is 16.5 Å². The quantitative estimate of drug-likeness (QED) is 0.746. The van der Waals surface area contributed by atoms with Gasteiger partial charge in [-0.25, -0.2) is 9.67 Å². The zero-order valence-electron chi connectivity index (χ0n) is 12.2. The van der Waals surface area contributed by atoms with Crippen molar-refractivity contribution in [3.63, 3.8) is 0 Å². The number of nitrogens with zero attached hydrogens (tertiary/aromatic N) is 3. The van der Waals surface area contributed by atoms with Crippen LogP contribution in [0, 0.1) is 0 Å². The SMILES string of the molecule is CC(C)n1ncnc1COc1ccc(N)c2ccccc12. The minimum atomic E-state index is 0.259. The van der Waals surface area contributed by atoms with Crippen LogP contribution in [-0.4, -0.2) is 14.8 Å². The van der Waals surface area contributed by atoms with Crippen molar-refractivity contribution < 1.29 is 4.74 Å². The Hall–Kier alpha value is -2.56. The Morgan fingerprint density at radius 3 is 2.67 bits per heavy atom. The van der Waals surface area contributed by atoms with Crippen LogP contribution in [0.25, 0.3) is 10.8 Å². The van der Waals surface area contributed by atoms with Crippen molar-refractivity contribution in [1.29, 1.82) is 0 Å². The van der Waals surface area contributed by atoms with Crippen LogP contribution >= 0.6 is 0 Å².